The van der Waals surface area contributed by atoms with Crippen LogP contribution >= 0.6 is 23.1 Å². The highest BCUT2D eigenvalue weighted by Gasteiger charge is 2.33. The number of hydrogen-bond donors (Lipinski definition) is 0. The molecule has 0 bridgehead atoms. The molecule has 0 spiro atoms. The van der Waals surface area contributed by atoms with E-state index in [1.54, 1.807) is 23.3 Å². The first-order valence-corrected chi connectivity index (χ1v) is 14.9. The SMILES string of the molecule is CCOc1ccc(/C=c2/sc3n(c2=O)[C@H](c2ccc(SC)cc2)C(C(=O)OC(C)C)=C(C)N=3)c2ccccc12. The van der Waals surface area contributed by atoms with Crippen molar-refractivity contribution in [1.82, 2.24) is 4.57 Å². The average Bonchev–Trinajstić information content (AvgIpc) is 3.23. The van der Waals surface area contributed by atoms with Gasteiger partial charge < -0.3 is 9.47 Å². The lowest BCUT2D eigenvalue weighted by atomic mass is 9.96. The fourth-order valence-electron chi connectivity index (χ4n) is 4.81. The Labute approximate surface area is 235 Å². The minimum absolute atomic E-state index is 0.196. The summed E-state index contributed by atoms with van der Waals surface area (Å²) in [7, 11) is 0. The lowest BCUT2D eigenvalue weighted by Gasteiger charge is -2.25. The van der Waals surface area contributed by atoms with Crippen molar-refractivity contribution in [2.45, 2.75) is 44.7 Å². The minimum Gasteiger partial charge on any atom is -0.493 e. The van der Waals surface area contributed by atoms with Crippen LogP contribution in [0.5, 0.6) is 5.75 Å². The number of benzene rings is 3. The summed E-state index contributed by atoms with van der Waals surface area (Å²) in [4.78, 5) is 33.7. The number of esters is 1. The summed E-state index contributed by atoms with van der Waals surface area (Å²) in [5.41, 5.74) is 2.48. The van der Waals surface area contributed by atoms with Crippen LogP contribution in [0.3, 0.4) is 0 Å². The molecule has 0 aliphatic carbocycles. The van der Waals surface area contributed by atoms with E-state index < -0.39 is 12.0 Å². The Kier molecular flexibility index (Phi) is 7.77. The summed E-state index contributed by atoms with van der Waals surface area (Å²) in [6, 6.07) is 19.2. The number of hydrogen-bond acceptors (Lipinski definition) is 7. The number of rotatable bonds is 7. The van der Waals surface area contributed by atoms with Gasteiger partial charge in [0.15, 0.2) is 4.80 Å². The Balaban J connectivity index is 1.71. The second-order valence-corrected chi connectivity index (χ2v) is 11.3. The van der Waals surface area contributed by atoms with Crippen LogP contribution in [0.15, 0.2) is 86.6 Å². The van der Waals surface area contributed by atoms with Gasteiger partial charge in [-0.1, -0.05) is 53.8 Å². The van der Waals surface area contributed by atoms with E-state index in [1.807, 2.05) is 93.8 Å². The van der Waals surface area contributed by atoms with Gasteiger partial charge in [-0.2, -0.15) is 0 Å². The maximum absolute atomic E-state index is 14.0. The highest BCUT2D eigenvalue weighted by Crippen LogP contribution is 2.32. The third-order valence-electron chi connectivity index (χ3n) is 6.52. The first-order chi connectivity index (χ1) is 18.8. The molecular formula is C31H30N2O4S2. The van der Waals surface area contributed by atoms with E-state index in [9.17, 15) is 9.59 Å². The number of aromatic nitrogens is 1. The number of nitrogens with zero attached hydrogens (tertiary/aromatic N) is 2. The Morgan fingerprint density at radius 3 is 2.49 bits per heavy atom. The second-order valence-electron chi connectivity index (χ2n) is 9.44. The largest absolute Gasteiger partial charge is 0.493 e. The van der Waals surface area contributed by atoms with Crippen molar-refractivity contribution >= 4 is 45.9 Å². The van der Waals surface area contributed by atoms with Gasteiger partial charge in [0.1, 0.15) is 5.75 Å². The van der Waals surface area contributed by atoms with E-state index in [0.717, 1.165) is 32.5 Å². The quantitative estimate of drug-likeness (QED) is 0.223. The molecule has 0 radical (unpaired) electrons. The summed E-state index contributed by atoms with van der Waals surface area (Å²) in [5.74, 6) is 0.348. The molecule has 39 heavy (non-hydrogen) atoms. The molecule has 1 aliphatic heterocycles. The molecule has 1 aliphatic rings. The topological polar surface area (TPSA) is 69.9 Å². The first-order valence-electron chi connectivity index (χ1n) is 12.8. The monoisotopic (exact) mass is 558 g/mol. The van der Waals surface area contributed by atoms with Crippen LogP contribution in [0.4, 0.5) is 0 Å². The van der Waals surface area contributed by atoms with Crippen LogP contribution in [0, 0.1) is 0 Å². The van der Waals surface area contributed by atoms with Crippen molar-refractivity contribution in [3.05, 3.63) is 103 Å². The molecule has 8 heteroatoms. The summed E-state index contributed by atoms with van der Waals surface area (Å²) in [5, 5.41) is 1.98. The molecule has 1 aromatic heterocycles. The smallest absolute Gasteiger partial charge is 0.338 e. The first kappa shape index (κ1) is 27.0. The van der Waals surface area contributed by atoms with Crippen molar-refractivity contribution < 1.29 is 14.3 Å². The van der Waals surface area contributed by atoms with Gasteiger partial charge in [0.05, 0.1) is 34.6 Å². The Morgan fingerprint density at radius 1 is 1.10 bits per heavy atom. The lowest BCUT2D eigenvalue weighted by Crippen LogP contribution is -2.40. The maximum atomic E-state index is 14.0. The maximum Gasteiger partial charge on any atom is 0.338 e. The van der Waals surface area contributed by atoms with Crippen LogP contribution in [-0.2, 0) is 9.53 Å². The highest BCUT2D eigenvalue weighted by molar-refractivity contribution is 7.98. The summed E-state index contributed by atoms with van der Waals surface area (Å²) >= 11 is 2.96. The van der Waals surface area contributed by atoms with Gasteiger partial charge in [0.25, 0.3) is 5.56 Å². The molecule has 2 heterocycles. The zero-order valence-electron chi connectivity index (χ0n) is 22.6. The van der Waals surface area contributed by atoms with E-state index >= 15 is 0 Å². The molecule has 200 valence electrons. The van der Waals surface area contributed by atoms with Gasteiger partial charge >= 0.3 is 5.97 Å². The Morgan fingerprint density at radius 2 is 1.82 bits per heavy atom. The van der Waals surface area contributed by atoms with Crippen LogP contribution in [0.2, 0.25) is 0 Å². The molecular weight excluding hydrogens is 528 g/mol. The van der Waals surface area contributed by atoms with E-state index in [4.69, 9.17) is 14.5 Å². The number of carbonyl (C=O) groups is 1. The number of carbonyl (C=O) groups excluding carboxylic acids is 1. The number of allylic oxidation sites excluding steroid dienone is 1. The zero-order valence-corrected chi connectivity index (χ0v) is 24.2. The van der Waals surface area contributed by atoms with Crippen molar-refractivity contribution in [2.24, 2.45) is 4.99 Å². The molecule has 6 nitrogen and oxygen atoms in total. The van der Waals surface area contributed by atoms with E-state index in [1.165, 1.54) is 11.3 Å². The molecule has 4 aromatic rings. The van der Waals surface area contributed by atoms with Gasteiger partial charge in [-0.25, -0.2) is 9.79 Å². The van der Waals surface area contributed by atoms with Crippen molar-refractivity contribution in [3.63, 3.8) is 0 Å². The Bertz CT molecular complexity index is 1770. The fourth-order valence-corrected chi connectivity index (χ4v) is 6.25. The standard InChI is InChI=1S/C31H30N2O4S2/c1-6-36-25-16-13-21(23-9-7-8-10-24(23)25)17-26-29(34)33-28(20-11-14-22(38-5)15-12-20)27(30(35)37-18(2)3)19(4)32-31(33)39-26/h7-18,28H,6H2,1-5H3/b26-17+/t28-/m1/s1. The molecule has 0 saturated carbocycles. The fraction of sp³-hybridized carbons (Fsp3) is 0.258. The van der Waals surface area contributed by atoms with Crippen molar-refractivity contribution in [3.8, 4) is 5.75 Å². The van der Waals surface area contributed by atoms with E-state index in [2.05, 4.69) is 0 Å². The van der Waals surface area contributed by atoms with Crippen LogP contribution in [0.25, 0.3) is 16.8 Å². The predicted octanol–water partition coefficient (Wildman–Crippen LogP) is 5.46. The zero-order chi connectivity index (χ0) is 27.7. The Hall–Kier alpha value is -3.62. The second kappa shape index (κ2) is 11.2. The molecule has 0 amide bonds. The molecule has 0 fully saturated rings. The van der Waals surface area contributed by atoms with Crippen LogP contribution in [-0.4, -0.2) is 29.5 Å². The van der Waals surface area contributed by atoms with Gasteiger partial charge in [-0.05, 0) is 74.7 Å². The highest BCUT2D eigenvalue weighted by atomic mass is 32.2. The van der Waals surface area contributed by atoms with Crippen molar-refractivity contribution in [1.29, 1.82) is 0 Å². The summed E-state index contributed by atoms with van der Waals surface area (Å²) < 4.78 is 13.6. The third-order valence-corrected chi connectivity index (χ3v) is 8.25. The molecule has 3 aromatic carbocycles. The average molecular weight is 559 g/mol. The van der Waals surface area contributed by atoms with Gasteiger partial charge in [0.2, 0.25) is 0 Å². The van der Waals surface area contributed by atoms with Crippen molar-refractivity contribution in [2.75, 3.05) is 12.9 Å². The van der Waals surface area contributed by atoms with E-state index in [0.29, 0.717) is 27.2 Å². The number of thiazole rings is 1. The lowest BCUT2D eigenvalue weighted by molar-refractivity contribution is -0.143. The summed E-state index contributed by atoms with van der Waals surface area (Å²) in [6.45, 7) is 7.96. The number of thioether (sulfide) groups is 1. The van der Waals surface area contributed by atoms with Crippen LogP contribution in [0.1, 0.15) is 44.9 Å². The van der Waals surface area contributed by atoms with Gasteiger partial charge in [-0.3, -0.25) is 9.36 Å². The van der Waals surface area contributed by atoms with Gasteiger partial charge in [0, 0.05) is 10.3 Å². The molecule has 0 unspecified atom stereocenters. The van der Waals surface area contributed by atoms with Crippen LogP contribution < -0.4 is 19.6 Å². The van der Waals surface area contributed by atoms with E-state index in [-0.39, 0.29) is 11.7 Å². The molecule has 5 rings (SSSR count). The minimum atomic E-state index is -0.636. The summed E-state index contributed by atoms with van der Waals surface area (Å²) in [6.07, 6.45) is 3.62. The number of ether oxygens (including phenoxy) is 2. The molecule has 0 saturated heterocycles. The molecule has 1 atom stereocenters. The normalized spacial score (nSPS) is 15.4. The van der Waals surface area contributed by atoms with Gasteiger partial charge in [-0.15, -0.1) is 11.8 Å². The predicted molar refractivity (Wildman–Crippen MR) is 158 cm³/mol. The number of fused-ring (bicyclic) bond motifs is 2. The third kappa shape index (κ3) is 5.18. The molecule has 0 N–H and O–H groups in total.